The highest BCUT2D eigenvalue weighted by Gasteiger charge is 2.21. The van der Waals surface area contributed by atoms with Crippen LogP contribution >= 0.6 is 23.4 Å². The van der Waals surface area contributed by atoms with E-state index in [4.69, 9.17) is 11.6 Å². The second-order valence-electron chi connectivity index (χ2n) is 5.45. The Kier molecular flexibility index (Phi) is 5.60. The average molecular weight is 302 g/mol. The second kappa shape index (κ2) is 7.00. The first-order valence-electron chi connectivity index (χ1n) is 7.04. The summed E-state index contributed by atoms with van der Waals surface area (Å²) in [6.45, 7) is 1.97. The topological polar surface area (TPSA) is 29.9 Å². The van der Waals surface area contributed by atoms with Crippen molar-refractivity contribution in [3.8, 4) is 0 Å². The first-order valence-corrected chi connectivity index (χ1v) is 8.58. The standard InChI is InChI=1S/C14H24ClN3S/c1-10-14(15)13(18(3)17-10)9-12(16-2)8-11-4-6-19-7-5-11/h11-12,16H,4-9H2,1-3H3. The van der Waals surface area contributed by atoms with Crippen LogP contribution in [0.2, 0.25) is 5.02 Å². The van der Waals surface area contributed by atoms with Crippen molar-refractivity contribution >= 4 is 23.4 Å². The van der Waals surface area contributed by atoms with Crippen molar-refractivity contribution in [3.05, 3.63) is 16.4 Å². The summed E-state index contributed by atoms with van der Waals surface area (Å²) in [6, 6.07) is 0.500. The van der Waals surface area contributed by atoms with E-state index in [2.05, 4.69) is 29.2 Å². The zero-order chi connectivity index (χ0) is 13.8. The molecule has 5 heteroatoms. The van der Waals surface area contributed by atoms with Crippen molar-refractivity contribution in [2.45, 2.75) is 38.6 Å². The zero-order valence-corrected chi connectivity index (χ0v) is 13.7. The average Bonchev–Trinajstić information content (AvgIpc) is 2.65. The molecule has 0 amide bonds. The van der Waals surface area contributed by atoms with Gasteiger partial charge in [0.15, 0.2) is 0 Å². The Balaban J connectivity index is 1.98. The molecule has 1 fully saturated rings. The number of aromatic nitrogens is 2. The smallest absolute Gasteiger partial charge is 0.0847 e. The Labute approximate surface area is 125 Å². The van der Waals surface area contributed by atoms with E-state index in [1.165, 1.54) is 30.8 Å². The molecule has 1 N–H and O–H groups in total. The molecule has 0 radical (unpaired) electrons. The van der Waals surface area contributed by atoms with E-state index >= 15 is 0 Å². The van der Waals surface area contributed by atoms with Crippen LogP contribution in [0.15, 0.2) is 0 Å². The van der Waals surface area contributed by atoms with Gasteiger partial charge in [-0.25, -0.2) is 0 Å². The number of thioether (sulfide) groups is 1. The lowest BCUT2D eigenvalue weighted by molar-refractivity contribution is 0.372. The minimum atomic E-state index is 0.500. The fourth-order valence-electron chi connectivity index (χ4n) is 2.82. The Morgan fingerprint density at radius 3 is 2.68 bits per heavy atom. The maximum Gasteiger partial charge on any atom is 0.0847 e. The van der Waals surface area contributed by atoms with E-state index in [1.807, 2.05) is 18.7 Å². The molecule has 1 saturated heterocycles. The van der Waals surface area contributed by atoms with Gasteiger partial charge in [-0.1, -0.05) is 11.6 Å². The van der Waals surface area contributed by atoms with E-state index in [-0.39, 0.29) is 0 Å². The Morgan fingerprint density at radius 2 is 2.16 bits per heavy atom. The van der Waals surface area contributed by atoms with Gasteiger partial charge in [0.25, 0.3) is 0 Å². The predicted molar refractivity (Wildman–Crippen MR) is 84.2 cm³/mol. The number of aryl methyl sites for hydroxylation is 2. The van der Waals surface area contributed by atoms with Gasteiger partial charge >= 0.3 is 0 Å². The lowest BCUT2D eigenvalue weighted by atomic mass is 9.92. The molecule has 0 bridgehead atoms. The van der Waals surface area contributed by atoms with Crippen LogP contribution in [0, 0.1) is 12.8 Å². The van der Waals surface area contributed by atoms with Gasteiger partial charge < -0.3 is 5.32 Å². The maximum absolute atomic E-state index is 6.34. The van der Waals surface area contributed by atoms with Crippen LogP contribution in [0.25, 0.3) is 0 Å². The normalized spacial score (nSPS) is 18.7. The van der Waals surface area contributed by atoms with Crippen molar-refractivity contribution in [3.63, 3.8) is 0 Å². The summed E-state index contributed by atoms with van der Waals surface area (Å²) < 4.78 is 1.93. The molecule has 1 atom stereocenters. The highest BCUT2D eigenvalue weighted by atomic mass is 35.5. The molecule has 1 aromatic heterocycles. The molecule has 2 rings (SSSR count). The number of halogens is 1. The van der Waals surface area contributed by atoms with Crippen molar-refractivity contribution in [1.29, 1.82) is 0 Å². The Morgan fingerprint density at radius 1 is 1.47 bits per heavy atom. The van der Waals surface area contributed by atoms with Crippen LogP contribution < -0.4 is 5.32 Å². The van der Waals surface area contributed by atoms with Crippen LogP contribution in [0.4, 0.5) is 0 Å². The van der Waals surface area contributed by atoms with Crippen molar-refractivity contribution in [1.82, 2.24) is 15.1 Å². The van der Waals surface area contributed by atoms with Gasteiger partial charge in [-0.3, -0.25) is 4.68 Å². The van der Waals surface area contributed by atoms with E-state index in [9.17, 15) is 0 Å². The first kappa shape index (κ1) is 15.2. The van der Waals surface area contributed by atoms with Crippen LogP contribution in [-0.2, 0) is 13.5 Å². The molecular formula is C14H24ClN3S. The molecular weight excluding hydrogens is 278 g/mol. The van der Waals surface area contributed by atoms with E-state index in [0.717, 1.165) is 28.7 Å². The monoisotopic (exact) mass is 301 g/mol. The van der Waals surface area contributed by atoms with E-state index in [0.29, 0.717) is 6.04 Å². The highest BCUT2D eigenvalue weighted by molar-refractivity contribution is 7.99. The first-order chi connectivity index (χ1) is 9.11. The Bertz CT molecular complexity index is 413. The molecule has 1 aliphatic heterocycles. The largest absolute Gasteiger partial charge is 0.317 e. The number of hydrogen-bond acceptors (Lipinski definition) is 3. The molecule has 1 unspecified atom stereocenters. The molecule has 19 heavy (non-hydrogen) atoms. The summed E-state index contributed by atoms with van der Waals surface area (Å²) in [5.41, 5.74) is 2.09. The molecule has 3 nitrogen and oxygen atoms in total. The molecule has 0 saturated carbocycles. The van der Waals surface area contributed by atoms with Crippen LogP contribution in [0.3, 0.4) is 0 Å². The summed E-state index contributed by atoms with van der Waals surface area (Å²) in [4.78, 5) is 0. The minimum Gasteiger partial charge on any atom is -0.317 e. The van der Waals surface area contributed by atoms with Crippen molar-refractivity contribution < 1.29 is 0 Å². The predicted octanol–water partition coefficient (Wildman–Crippen LogP) is 3.05. The van der Waals surface area contributed by atoms with Crippen molar-refractivity contribution in [2.24, 2.45) is 13.0 Å². The molecule has 1 aromatic rings. The van der Waals surface area contributed by atoms with Gasteiger partial charge in [-0.05, 0) is 50.7 Å². The third-order valence-electron chi connectivity index (χ3n) is 4.07. The molecule has 2 heterocycles. The van der Waals surface area contributed by atoms with Crippen LogP contribution in [0.1, 0.15) is 30.7 Å². The van der Waals surface area contributed by atoms with E-state index in [1.54, 1.807) is 0 Å². The van der Waals surface area contributed by atoms with Crippen molar-refractivity contribution in [2.75, 3.05) is 18.6 Å². The van der Waals surface area contributed by atoms with Gasteiger partial charge in [-0.2, -0.15) is 16.9 Å². The SMILES string of the molecule is CNC(Cc1c(Cl)c(C)nn1C)CC1CCSCC1. The van der Waals surface area contributed by atoms with Crippen LogP contribution in [-0.4, -0.2) is 34.4 Å². The maximum atomic E-state index is 6.34. The summed E-state index contributed by atoms with van der Waals surface area (Å²) in [6.07, 6.45) is 4.94. The van der Waals surface area contributed by atoms with Crippen LogP contribution in [0.5, 0.6) is 0 Å². The molecule has 0 aromatic carbocycles. The summed E-state index contributed by atoms with van der Waals surface area (Å²) in [5, 5.41) is 8.69. The number of rotatable bonds is 5. The number of nitrogens with one attached hydrogen (secondary N) is 1. The van der Waals surface area contributed by atoms with Gasteiger partial charge in [0.05, 0.1) is 16.4 Å². The molecule has 108 valence electrons. The zero-order valence-electron chi connectivity index (χ0n) is 12.1. The number of hydrogen-bond donors (Lipinski definition) is 1. The van der Waals surface area contributed by atoms with E-state index < -0.39 is 0 Å². The van der Waals surface area contributed by atoms with Gasteiger partial charge in [0, 0.05) is 19.5 Å². The van der Waals surface area contributed by atoms with Gasteiger partial charge in [0.2, 0.25) is 0 Å². The molecule has 0 aliphatic carbocycles. The summed E-state index contributed by atoms with van der Waals surface area (Å²) in [5.74, 6) is 3.52. The lowest BCUT2D eigenvalue weighted by Gasteiger charge is -2.26. The summed E-state index contributed by atoms with van der Waals surface area (Å²) >= 11 is 8.43. The summed E-state index contributed by atoms with van der Waals surface area (Å²) in [7, 11) is 4.04. The third kappa shape index (κ3) is 3.89. The number of nitrogens with zero attached hydrogens (tertiary/aromatic N) is 2. The molecule has 0 spiro atoms. The third-order valence-corrected chi connectivity index (χ3v) is 5.61. The number of likely N-dealkylation sites (N-methyl/N-ethyl adjacent to an activating group) is 1. The highest BCUT2D eigenvalue weighted by Crippen LogP contribution is 2.28. The second-order valence-corrected chi connectivity index (χ2v) is 7.05. The van der Waals surface area contributed by atoms with Gasteiger partial charge in [0.1, 0.15) is 0 Å². The molecule has 1 aliphatic rings. The fourth-order valence-corrected chi connectivity index (χ4v) is 4.26. The lowest BCUT2D eigenvalue weighted by Crippen LogP contribution is -2.32. The fraction of sp³-hybridized carbons (Fsp3) is 0.786. The minimum absolute atomic E-state index is 0.500. The quantitative estimate of drug-likeness (QED) is 0.906. The Hall–Kier alpha value is -0.190. The van der Waals surface area contributed by atoms with Gasteiger partial charge in [-0.15, -0.1) is 0 Å².